The first kappa shape index (κ1) is 17.5. The summed E-state index contributed by atoms with van der Waals surface area (Å²) in [6.45, 7) is -0.918. The van der Waals surface area contributed by atoms with Gasteiger partial charge in [-0.1, -0.05) is 11.6 Å². The number of anilines is 1. The van der Waals surface area contributed by atoms with E-state index in [1.165, 1.54) is 0 Å². The van der Waals surface area contributed by atoms with Gasteiger partial charge in [-0.15, -0.1) is 0 Å². The monoisotopic (exact) mass is 398 g/mol. The molecule has 0 radical (unpaired) electrons. The number of nitrogens with two attached hydrogens (primary N) is 1. The molecule has 4 nitrogen and oxygen atoms in total. The Morgan fingerprint density at radius 3 is 2.45 bits per heavy atom. The highest BCUT2D eigenvalue weighted by molar-refractivity contribution is 9.10. The van der Waals surface area contributed by atoms with E-state index in [1.54, 1.807) is 4.72 Å². The summed E-state index contributed by atoms with van der Waals surface area (Å²) >= 11 is 8.49. The van der Waals surface area contributed by atoms with Crippen LogP contribution in [0.3, 0.4) is 0 Å². The number of nitrogen functional groups attached to an aromatic ring is 1. The fourth-order valence-electron chi connectivity index (χ4n) is 1.20. The van der Waals surface area contributed by atoms with Crippen molar-refractivity contribution in [2.45, 2.75) is 17.5 Å². The number of nitrogens with one attached hydrogen (secondary N) is 1. The molecule has 0 spiro atoms. The van der Waals surface area contributed by atoms with Crippen molar-refractivity contribution in [1.29, 1.82) is 0 Å². The minimum Gasteiger partial charge on any atom is -0.395 e. The summed E-state index contributed by atoms with van der Waals surface area (Å²) in [7, 11) is -4.49. The van der Waals surface area contributed by atoms with Gasteiger partial charge >= 0.3 is 6.18 Å². The van der Waals surface area contributed by atoms with Gasteiger partial charge < -0.3 is 5.73 Å². The van der Waals surface area contributed by atoms with Crippen molar-refractivity contribution in [3.63, 3.8) is 0 Å². The number of hydrogen-bond donors (Lipinski definition) is 2. The Morgan fingerprint density at radius 1 is 1.40 bits per heavy atom. The van der Waals surface area contributed by atoms with E-state index in [-0.39, 0.29) is 9.50 Å². The summed E-state index contributed by atoms with van der Waals surface area (Å²) in [5.74, 6) is -1.29. The van der Waals surface area contributed by atoms with Gasteiger partial charge in [-0.25, -0.2) is 17.5 Å². The Kier molecular flexibility index (Phi) is 5.28. The molecule has 0 aromatic heterocycles. The molecule has 0 amide bonds. The highest BCUT2D eigenvalue weighted by Crippen LogP contribution is 2.34. The number of sulfonamides is 1. The fourth-order valence-corrected chi connectivity index (χ4v) is 2.91. The van der Waals surface area contributed by atoms with Crippen molar-refractivity contribution >= 4 is 43.2 Å². The van der Waals surface area contributed by atoms with Crippen LogP contribution in [0.25, 0.3) is 0 Å². The lowest BCUT2D eigenvalue weighted by Gasteiger charge is -2.12. The van der Waals surface area contributed by atoms with Gasteiger partial charge in [0.05, 0.1) is 21.6 Å². The zero-order chi connectivity index (χ0) is 15.7. The summed E-state index contributed by atoms with van der Waals surface area (Å²) in [6.07, 6.45) is -5.91. The van der Waals surface area contributed by atoms with Crippen molar-refractivity contribution in [3.8, 4) is 0 Å². The highest BCUT2D eigenvalue weighted by atomic mass is 79.9. The maximum Gasteiger partial charge on any atom is 0.390 e. The Hall–Kier alpha value is -0.580. The van der Waals surface area contributed by atoms with E-state index in [0.29, 0.717) is 0 Å². The molecular weight excluding hydrogens is 392 g/mol. The third-order valence-corrected chi connectivity index (χ3v) is 4.99. The largest absolute Gasteiger partial charge is 0.395 e. The molecule has 20 heavy (non-hydrogen) atoms. The minimum absolute atomic E-state index is 0.0362. The van der Waals surface area contributed by atoms with Gasteiger partial charge in [0.25, 0.3) is 0 Å². The molecule has 3 N–H and O–H groups in total. The summed E-state index contributed by atoms with van der Waals surface area (Å²) in [5, 5.41) is -0.180. The molecule has 0 saturated carbocycles. The van der Waals surface area contributed by atoms with E-state index in [2.05, 4.69) is 15.9 Å². The molecule has 0 heterocycles. The second kappa shape index (κ2) is 6.04. The molecule has 1 aromatic carbocycles. The summed E-state index contributed by atoms with van der Waals surface area (Å²) in [5.41, 5.74) is 4.75. The average molecular weight is 400 g/mol. The highest BCUT2D eigenvalue weighted by Gasteiger charge is 2.29. The SMILES string of the molecule is Nc1c(F)c(S(=O)(=O)NCCC(F)(F)F)cc(Cl)c1Br. The van der Waals surface area contributed by atoms with Gasteiger partial charge in [-0.3, -0.25) is 0 Å². The molecule has 0 atom stereocenters. The van der Waals surface area contributed by atoms with Crippen molar-refractivity contribution < 1.29 is 26.0 Å². The van der Waals surface area contributed by atoms with Crippen LogP contribution in [-0.4, -0.2) is 21.1 Å². The first-order valence-electron chi connectivity index (χ1n) is 4.95. The van der Waals surface area contributed by atoms with Gasteiger partial charge in [0.2, 0.25) is 10.0 Å². The molecule has 0 saturated heterocycles. The molecule has 0 unspecified atom stereocenters. The number of rotatable bonds is 4. The molecule has 114 valence electrons. The smallest absolute Gasteiger partial charge is 0.390 e. The molecule has 0 aliphatic carbocycles. The normalized spacial score (nSPS) is 12.7. The van der Waals surface area contributed by atoms with Crippen LogP contribution in [-0.2, 0) is 10.0 Å². The zero-order valence-corrected chi connectivity index (χ0v) is 12.7. The van der Waals surface area contributed by atoms with Crippen LogP contribution in [0.1, 0.15) is 6.42 Å². The van der Waals surface area contributed by atoms with Gasteiger partial charge in [-0.05, 0) is 22.0 Å². The van der Waals surface area contributed by atoms with Crippen LogP contribution in [0, 0.1) is 5.82 Å². The van der Waals surface area contributed by atoms with Crippen LogP contribution >= 0.6 is 27.5 Å². The predicted molar refractivity (Wildman–Crippen MR) is 69.4 cm³/mol. The predicted octanol–water partition coefficient (Wildman–Crippen LogP) is 3.05. The zero-order valence-electron chi connectivity index (χ0n) is 9.56. The standard InChI is InChI=1S/C9H8BrClF4N2O2S/c10-6-4(11)3-5(7(12)8(6)16)20(18,19)17-2-1-9(13,14)15/h3,17H,1-2,16H2. The first-order valence-corrected chi connectivity index (χ1v) is 7.60. The first-order chi connectivity index (χ1) is 8.96. The average Bonchev–Trinajstić information content (AvgIpc) is 2.29. The van der Waals surface area contributed by atoms with E-state index in [9.17, 15) is 26.0 Å². The van der Waals surface area contributed by atoms with Crippen molar-refractivity contribution in [3.05, 3.63) is 21.4 Å². The van der Waals surface area contributed by atoms with Crippen LogP contribution in [0.4, 0.5) is 23.2 Å². The lowest BCUT2D eigenvalue weighted by molar-refractivity contribution is -0.132. The summed E-state index contributed by atoms with van der Waals surface area (Å²) in [4.78, 5) is -0.912. The van der Waals surface area contributed by atoms with Crippen LogP contribution in [0.2, 0.25) is 5.02 Å². The number of halogens is 6. The Labute approximate surface area is 125 Å². The third-order valence-electron chi connectivity index (χ3n) is 2.15. The molecule has 0 aliphatic heterocycles. The van der Waals surface area contributed by atoms with Gasteiger partial charge in [-0.2, -0.15) is 13.2 Å². The number of alkyl halides is 3. The Balaban J connectivity index is 3.05. The van der Waals surface area contributed by atoms with E-state index >= 15 is 0 Å². The van der Waals surface area contributed by atoms with E-state index in [4.69, 9.17) is 17.3 Å². The molecule has 0 aliphatic rings. The summed E-state index contributed by atoms with van der Waals surface area (Å²) < 4.78 is 74.6. The van der Waals surface area contributed by atoms with Crippen molar-refractivity contribution in [2.75, 3.05) is 12.3 Å². The molecular formula is C9H8BrClF4N2O2S. The molecule has 1 aromatic rings. The van der Waals surface area contributed by atoms with E-state index in [0.717, 1.165) is 6.07 Å². The van der Waals surface area contributed by atoms with E-state index in [1.807, 2.05) is 0 Å². The van der Waals surface area contributed by atoms with Gasteiger partial charge in [0.15, 0.2) is 5.82 Å². The molecule has 0 fully saturated rings. The Bertz CT molecular complexity index is 621. The van der Waals surface area contributed by atoms with Crippen LogP contribution in [0.15, 0.2) is 15.4 Å². The quantitative estimate of drug-likeness (QED) is 0.464. The molecule has 11 heteroatoms. The fraction of sp³-hybridized carbons (Fsp3) is 0.333. The minimum atomic E-state index is -4.53. The maximum atomic E-state index is 13.7. The second-order valence-corrected chi connectivity index (χ2v) is 6.60. The van der Waals surface area contributed by atoms with Crippen LogP contribution in [0.5, 0.6) is 0 Å². The lowest BCUT2D eigenvalue weighted by atomic mass is 10.3. The van der Waals surface area contributed by atoms with E-state index < -0.39 is 45.6 Å². The van der Waals surface area contributed by atoms with Gasteiger partial charge in [0.1, 0.15) is 4.90 Å². The topological polar surface area (TPSA) is 72.2 Å². The van der Waals surface area contributed by atoms with Crippen LogP contribution < -0.4 is 10.5 Å². The number of hydrogen-bond acceptors (Lipinski definition) is 3. The lowest BCUT2D eigenvalue weighted by Crippen LogP contribution is -2.29. The maximum absolute atomic E-state index is 13.7. The Morgan fingerprint density at radius 2 is 1.95 bits per heavy atom. The molecule has 0 bridgehead atoms. The van der Waals surface area contributed by atoms with Gasteiger partial charge in [0, 0.05) is 6.54 Å². The van der Waals surface area contributed by atoms with Crippen molar-refractivity contribution in [2.24, 2.45) is 0 Å². The summed E-state index contributed by atoms with van der Waals surface area (Å²) in [6, 6.07) is 0.757. The second-order valence-electron chi connectivity index (χ2n) is 3.66. The third kappa shape index (κ3) is 4.21. The number of benzene rings is 1. The molecule has 1 rings (SSSR count). The van der Waals surface area contributed by atoms with Crippen molar-refractivity contribution in [1.82, 2.24) is 4.72 Å².